The number of benzene rings is 1. The number of aromatic nitrogens is 2. The van der Waals surface area contributed by atoms with Crippen LogP contribution in [0.2, 0.25) is 0 Å². The summed E-state index contributed by atoms with van der Waals surface area (Å²) >= 11 is 4.25. The molecular formula is C19H12BrN3O4S. The second-order valence-electron chi connectivity index (χ2n) is 5.97. The van der Waals surface area contributed by atoms with Crippen molar-refractivity contribution in [2.45, 2.75) is 0 Å². The van der Waals surface area contributed by atoms with E-state index in [-0.39, 0.29) is 4.91 Å². The Kier molecular flexibility index (Phi) is 4.78. The average molecular weight is 458 g/mol. The van der Waals surface area contributed by atoms with Crippen LogP contribution in [0.3, 0.4) is 0 Å². The number of fused-ring (bicyclic) bond motifs is 1. The molecule has 1 saturated heterocycles. The van der Waals surface area contributed by atoms with Crippen molar-refractivity contribution in [2.75, 3.05) is 6.54 Å². The highest BCUT2D eigenvalue weighted by Gasteiger charge is 2.36. The predicted molar refractivity (Wildman–Crippen MR) is 109 cm³/mol. The van der Waals surface area contributed by atoms with Gasteiger partial charge in [0.1, 0.15) is 12.2 Å². The van der Waals surface area contributed by atoms with Crippen LogP contribution >= 0.6 is 27.7 Å². The zero-order chi connectivity index (χ0) is 19.8. The average Bonchev–Trinajstić information content (AvgIpc) is 3.20. The van der Waals surface area contributed by atoms with E-state index in [2.05, 4.69) is 20.9 Å². The van der Waals surface area contributed by atoms with E-state index in [1.54, 1.807) is 12.3 Å². The molecule has 0 aliphatic carbocycles. The molecule has 1 N–H and O–H groups in total. The van der Waals surface area contributed by atoms with Crippen molar-refractivity contribution in [3.63, 3.8) is 0 Å². The maximum absolute atomic E-state index is 12.2. The molecule has 4 rings (SSSR count). The highest BCUT2D eigenvalue weighted by molar-refractivity contribution is 9.10. The number of hydrogen-bond acceptors (Lipinski definition) is 5. The molecule has 2 aromatic heterocycles. The third-order valence-electron chi connectivity index (χ3n) is 4.17. The van der Waals surface area contributed by atoms with Gasteiger partial charge in [0.15, 0.2) is 0 Å². The van der Waals surface area contributed by atoms with Crippen LogP contribution in [-0.4, -0.2) is 43.2 Å². The maximum atomic E-state index is 12.2. The van der Waals surface area contributed by atoms with Crippen LogP contribution in [-0.2, 0) is 9.59 Å². The predicted octanol–water partition coefficient (Wildman–Crippen LogP) is 3.91. The molecule has 0 unspecified atom stereocenters. The number of halogens is 1. The number of aliphatic carboxylic acids is 1. The van der Waals surface area contributed by atoms with Crippen molar-refractivity contribution in [3.8, 4) is 5.69 Å². The van der Waals surface area contributed by atoms with Gasteiger partial charge in [0.05, 0.1) is 4.91 Å². The van der Waals surface area contributed by atoms with Gasteiger partial charge >= 0.3 is 5.97 Å². The molecular weight excluding hydrogens is 446 g/mol. The first-order valence-corrected chi connectivity index (χ1v) is 9.74. The Labute approximate surface area is 171 Å². The molecule has 7 nitrogen and oxygen atoms in total. The zero-order valence-electron chi connectivity index (χ0n) is 14.2. The fraction of sp³-hybridized carbons (Fsp3) is 0.0526. The second-order valence-corrected chi connectivity index (χ2v) is 7.82. The van der Waals surface area contributed by atoms with Gasteiger partial charge in [-0.3, -0.25) is 19.3 Å². The lowest BCUT2D eigenvalue weighted by molar-refractivity contribution is -0.140. The van der Waals surface area contributed by atoms with Gasteiger partial charge in [0, 0.05) is 27.9 Å². The van der Waals surface area contributed by atoms with Gasteiger partial charge in [-0.2, -0.15) is 0 Å². The van der Waals surface area contributed by atoms with E-state index in [0.29, 0.717) is 0 Å². The van der Waals surface area contributed by atoms with Gasteiger partial charge in [-0.15, -0.1) is 0 Å². The van der Waals surface area contributed by atoms with Crippen LogP contribution in [0.1, 0.15) is 5.56 Å². The van der Waals surface area contributed by atoms with Gasteiger partial charge in [-0.25, -0.2) is 4.98 Å². The summed E-state index contributed by atoms with van der Waals surface area (Å²) in [5, 5.41) is 9.23. The normalized spacial score (nSPS) is 15.8. The molecule has 1 fully saturated rings. The minimum atomic E-state index is -1.23. The lowest BCUT2D eigenvalue weighted by Crippen LogP contribution is -2.33. The van der Waals surface area contributed by atoms with Crippen LogP contribution in [0.4, 0.5) is 4.79 Å². The van der Waals surface area contributed by atoms with Gasteiger partial charge in [-0.1, -0.05) is 12.1 Å². The quantitative estimate of drug-likeness (QED) is 0.597. The third-order valence-corrected chi connectivity index (χ3v) is 5.77. The Morgan fingerprint density at radius 3 is 2.64 bits per heavy atom. The van der Waals surface area contributed by atoms with Gasteiger partial charge < -0.3 is 9.67 Å². The van der Waals surface area contributed by atoms with Crippen molar-refractivity contribution >= 4 is 61.9 Å². The number of rotatable bonds is 4. The number of hydrogen-bond donors (Lipinski definition) is 1. The minimum Gasteiger partial charge on any atom is -0.480 e. The lowest BCUT2D eigenvalue weighted by Gasteiger charge is -2.08. The topological polar surface area (TPSA) is 92.5 Å². The molecule has 1 aromatic carbocycles. The molecule has 0 radical (unpaired) electrons. The first-order valence-electron chi connectivity index (χ1n) is 8.13. The van der Waals surface area contributed by atoms with Crippen LogP contribution in [0.5, 0.6) is 0 Å². The van der Waals surface area contributed by atoms with E-state index < -0.39 is 23.7 Å². The Morgan fingerprint density at radius 1 is 1.18 bits per heavy atom. The van der Waals surface area contributed by atoms with E-state index in [4.69, 9.17) is 5.11 Å². The summed E-state index contributed by atoms with van der Waals surface area (Å²) in [6.07, 6.45) is 5.23. The monoisotopic (exact) mass is 457 g/mol. The number of carboxylic acid groups (broad SMARTS) is 1. The van der Waals surface area contributed by atoms with Gasteiger partial charge in [0.2, 0.25) is 0 Å². The smallest absolute Gasteiger partial charge is 0.323 e. The number of imide groups is 1. The second kappa shape index (κ2) is 7.25. The number of amides is 2. The minimum absolute atomic E-state index is 0.205. The molecule has 140 valence electrons. The highest BCUT2D eigenvalue weighted by Crippen LogP contribution is 2.32. The molecule has 0 saturated carbocycles. The summed E-state index contributed by atoms with van der Waals surface area (Å²) in [5.74, 6) is -1.82. The molecule has 1 aliphatic rings. The van der Waals surface area contributed by atoms with Crippen LogP contribution in [0.15, 0.2) is 58.2 Å². The van der Waals surface area contributed by atoms with Gasteiger partial charge in [0.25, 0.3) is 11.1 Å². The van der Waals surface area contributed by atoms with Crippen molar-refractivity contribution < 1.29 is 19.5 Å². The zero-order valence-corrected chi connectivity index (χ0v) is 16.6. The molecule has 28 heavy (non-hydrogen) atoms. The van der Waals surface area contributed by atoms with Gasteiger partial charge in [-0.05, 0) is 63.6 Å². The number of thioether (sulfide) groups is 1. The summed E-state index contributed by atoms with van der Waals surface area (Å²) in [4.78, 5) is 40.2. The molecule has 3 aromatic rings. The first kappa shape index (κ1) is 18.5. The highest BCUT2D eigenvalue weighted by atomic mass is 79.9. The Morgan fingerprint density at radius 2 is 1.93 bits per heavy atom. The fourth-order valence-corrected chi connectivity index (χ4v) is 4.13. The van der Waals surface area contributed by atoms with E-state index in [1.165, 1.54) is 0 Å². The molecule has 2 amide bonds. The Hall–Kier alpha value is -2.91. The Bertz CT molecular complexity index is 1150. The first-order chi connectivity index (χ1) is 13.4. The number of pyridine rings is 1. The number of carboxylic acids is 1. The van der Waals surface area contributed by atoms with Crippen molar-refractivity contribution in [1.29, 1.82) is 0 Å². The number of nitrogens with zero attached hydrogens (tertiary/aromatic N) is 3. The summed E-state index contributed by atoms with van der Waals surface area (Å²) in [5.41, 5.74) is 2.45. The van der Waals surface area contributed by atoms with Crippen molar-refractivity contribution in [3.05, 3.63) is 63.7 Å². The van der Waals surface area contributed by atoms with Crippen LogP contribution in [0.25, 0.3) is 22.8 Å². The summed E-state index contributed by atoms with van der Waals surface area (Å²) in [6.45, 7) is -0.635. The molecule has 0 spiro atoms. The molecule has 0 atom stereocenters. The van der Waals surface area contributed by atoms with E-state index in [9.17, 15) is 14.4 Å². The van der Waals surface area contributed by atoms with E-state index >= 15 is 0 Å². The number of carbonyl (C=O) groups excluding carboxylic acids is 2. The molecule has 0 bridgehead atoms. The van der Waals surface area contributed by atoms with E-state index in [0.717, 1.165) is 43.4 Å². The van der Waals surface area contributed by atoms with E-state index in [1.807, 2.05) is 47.2 Å². The largest absolute Gasteiger partial charge is 0.480 e. The lowest BCUT2D eigenvalue weighted by atomic mass is 10.2. The third kappa shape index (κ3) is 3.34. The SMILES string of the molecule is O=C(O)CN1C(=O)SC(=Cc2ccc(-n3ccc4c(Br)ccnc43)cc2)C1=O. The standard InChI is InChI=1S/C19H12BrN3O4S/c20-14-5-7-21-17-13(14)6-8-22(17)12-3-1-11(2-4-12)9-15-18(26)23(10-16(24)25)19(27)28-15/h1-9H,10H2,(H,24,25). The number of carbonyl (C=O) groups is 3. The fourth-order valence-electron chi connectivity index (χ4n) is 2.87. The molecule has 1 aliphatic heterocycles. The molecule has 9 heteroatoms. The summed E-state index contributed by atoms with van der Waals surface area (Å²) in [6, 6.07) is 11.3. The Balaban J connectivity index is 1.61. The van der Waals surface area contributed by atoms with Crippen LogP contribution < -0.4 is 0 Å². The summed E-state index contributed by atoms with van der Waals surface area (Å²) < 4.78 is 2.91. The van der Waals surface area contributed by atoms with Crippen LogP contribution in [0, 0.1) is 0 Å². The maximum Gasteiger partial charge on any atom is 0.323 e. The molecule has 3 heterocycles. The van der Waals surface area contributed by atoms with Crippen molar-refractivity contribution in [2.24, 2.45) is 0 Å². The summed E-state index contributed by atoms with van der Waals surface area (Å²) in [7, 11) is 0. The van der Waals surface area contributed by atoms with Crippen molar-refractivity contribution in [1.82, 2.24) is 14.5 Å².